The highest BCUT2D eigenvalue weighted by Crippen LogP contribution is 2.20. The molecule has 1 heterocycles. The molecule has 1 amide bonds. The highest BCUT2D eigenvalue weighted by molar-refractivity contribution is 7.99. The van der Waals surface area contributed by atoms with Crippen LogP contribution >= 0.6 is 23.4 Å². The van der Waals surface area contributed by atoms with E-state index in [1.54, 1.807) is 6.07 Å². The fourth-order valence-electron chi connectivity index (χ4n) is 2.19. The Hall–Kier alpha value is -2.64. The SMILES string of the molecule is O=C(CSc1ccc(NCc2ccccc2)nn1)Nc1ccc(F)c(Cl)c1. The van der Waals surface area contributed by atoms with Gasteiger partial charge in [0.15, 0.2) is 0 Å². The van der Waals surface area contributed by atoms with Crippen LogP contribution in [0.5, 0.6) is 0 Å². The zero-order chi connectivity index (χ0) is 19.1. The second-order valence-corrected chi connectivity index (χ2v) is 6.96. The number of hydrogen-bond donors (Lipinski definition) is 2. The van der Waals surface area contributed by atoms with Crippen molar-refractivity contribution in [2.75, 3.05) is 16.4 Å². The zero-order valence-corrected chi connectivity index (χ0v) is 15.7. The Bertz CT molecular complexity index is 909. The molecule has 0 saturated heterocycles. The van der Waals surface area contributed by atoms with Crippen LogP contribution in [0.25, 0.3) is 0 Å². The van der Waals surface area contributed by atoms with Crippen LogP contribution in [0.1, 0.15) is 5.56 Å². The van der Waals surface area contributed by atoms with E-state index in [1.807, 2.05) is 36.4 Å². The maximum atomic E-state index is 13.1. The van der Waals surface area contributed by atoms with Crippen LogP contribution in [0.2, 0.25) is 5.02 Å². The number of aromatic nitrogens is 2. The van der Waals surface area contributed by atoms with Crippen molar-refractivity contribution in [3.8, 4) is 0 Å². The number of benzene rings is 2. The highest BCUT2D eigenvalue weighted by Gasteiger charge is 2.07. The Morgan fingerprint density at radius 2 is 1.89 bits per heavy atom. The molecule has 0 unspecified atom stereocenters. The van der Waals surface area contributed by atoms with Crippen molar-refractivity contribution in [2.45, 2.75) is 11.6 Å². The largest absolute Gasteiger partial charge is 0.365 e. The molecule has 3 aromatic rings. The summed E-state index contributed by atoms with van der Waals surface area (Å²) in [5.41, 5.74) is 1.59. The zero-order valence-electron chi connectivity index (χ0n) is 14.2. The van der Waals surface area contributed by atoms with Crippen molar-refractivity contribution in [3.05, 3.63) is 77.1 Å². The number of nitrogens with one attached hydrogen (secondary N) is 2. The van der Waals surface area contributed by atoms with E-state index in [4.69, 9.17) is 11.6 Å². The summed E-state index contributed by atoms with van der Waals surface area (Å²) >= 11 is 6.95. The van der Waals surface area contributed by atoms with E-state index in [9.17, 15) is 9.18 Å². The molecule has 8 heteroatoms. The molecule has 0 fully saturated rings. The summed E-state index contributed by atoms with van der Waals surface area (Å²) in [6.07, 6.45) is 0. The van der Waals surface area contributed by atoms with Crippen LogP contribution in [0.15, 0.2) is 65.7 Å². The van der Waals surface area contributed by atoms with Crippen molar-refractivity contribution < 1.29 is 9.18 Å². The minimum atomic E-state index is -0.528. The van der Waals surface area contributed by atoms with Gasteiger partial charge >= 0.3 is 0 Å². The first-order valence-electron chi connectivity index (χ1n) is 8.09. The van der Waals surface area contributed by atoms with Gasteiger partial charge in [-0.1, -0.05) is 53.7 Å². The summed E-state index contributed by atoms with van der Waals surface area (Å²) in [4.78, 5) is 12.0. The molecule has 0 radical (unpaired) electrons. The van der Waals surface area contributed by atoms with Gasteiger partial charge in [0, 0.05) is 12.2 Å². The van der Waals surface area contributed by atoms with Gasteiger partial charge in [-0.2, -0.15) is 0 Å². The molecule has 0 aliphatic heterocycles. The number of thioether (sulfide) groups is 1. The molecular weight excluding hydrogens is 387 g/mol. The Balaban J connectivity index is 1.46. The maximum Gasteiger partial charge on any atom is 0.234 e. The van der Waals surface area contributed by atoms with Crippen LogP contribution < -0.4 is 10.6 Å². The minimum absolute atomic E-state index is 0.0371. The molecular formula is C19H16ClFN4OS. The number of anilines is 2. The van der Waals surface area contributed by atoms with E-state index in [0.717, 1.165) is 5.56 Å². The molecule has 0 spiro atoms. The number of carbonyl (C=O) groups excluding carboxylic acids is 1. The number of halogens is 2. The van der Waals surface area contributed by atoms with Crippen LogP contribution in [0.3, 0.4) is 0 Å². The number of carbonyl (C=O) groups is 1. The minimum Gasteiger partial charge on any atom is -0.365 e. The first-order valence-corrected chi connectivity index (χ1v) is 9.46. The van der Waals surface area contributed by atoms with Crippen molar-refractivity contribution in [1.29, 1.82) is 0 Å². The number of rotatable bonds is 7. The van der Waals surface area contributed by atoms with Gasteiger partial charge < -0.3 is 10.6 Å². The molecule has 138 valence electrons. The summed E-state index contributed by atoms with van der Waals surface area (Å²) in [5, 5.41) is 14.6. The third-order valence-electron chi connectivity index (χ3n) is 3.51. The predicted molar refractivity (Wildman–Crippen MR) is 107 cm³/mol. The Morgan fingerprint density at radius 1 is 1.07 bits per heavy atom. The van der Waals surface area contributed by atoms with Gasteiger partial charge in [-0.15, -0.1) is 10.2 Å². The van der Waals surface area contributed by atoms with Gasteiger partial charge in [-0.3, -0.25) is 4.79 Å². The van der Waals surface area contributed by atoms with Crippen molar-refractivity contribution in [2.24, 2.45) is 0 Å². The molecule has 5 nitrogen and oxygen atoms in total. The molecule has 2 aromatic carbocycles. The lowest BCUT2D eigenvalue weighted by Crippen LogP contribution is -2.14. The fraction of sp³-hybridized carbons (Fsp3) is 0.105. The van der Waals surface area contributed by atoms with Gasteiger partial charge in [0.2, 0.25) is 5.91 Å². The molecule has 1 aromatic heterocycles. The van der Waals surface area contributed by atoms with Crippen LogP contribution in [0, 0.1) is 5.82 Å². The van der Waals surface area contributed by atoms with E-state index in [-0.39, 0.29) is 16.7 Å². The number of hydrogen-bond acceptors (Lipinski definition) is 5. The lowest BCUT2D eigenvalue weighted by Gasteiger charge is -2.07. The molecule has 0 aliphatic carbocycles. The van der Waals surface area contributed by atoms with E-state index in [1.165, 1.54) is 30.0 Å². The van der Waals surface area contributed by atoms with E-state index >= 15 is 0 Å². The van der Waals surface area contributed by atoms with Crippen LogP contribution in [-0.2, 0) is 11.3 Å². The molecule has 0 bridgehead atoms. The molecule has 2 N–H and O–H groups in total. The van der Waals surface area contributed by atoms with Crippen LogP contribution in [0.4, 0.5) is 15.9 Å². The van der Waals surface area contributed by atoms with E-state index in [2.05, 4.69) is 20.8 Å². The fourth-order valence-corrected chi connectivity index (χ4v) is 2.98. The lowest BCUT2D eigenvalue weighted by atomic mass is 10.2. The van der Waals surface area contributed by atoms with E-state index in [0.29, 0.717) is 23.1 Å². The number of nitrogens with zero attached hydrogens (tertiary/aromatic N) is 2. The molecule has 0 aliphatic rings. The van der Waals surface area contributed by atoms with E-state index < -0.39 is 5.82 Å². The predicted octanol–water partition coefficient (Wildman–Crippen LogP) is 4.61. The van der Waals surface area contributed by atoms with Crippen molar-refractivity contribution in [3.63, 3.8) is 0 Å². The standard InChI is InChI=1S/C19H16ClFN4OS/c20-15-10-14(6-7-16(15)21)23-18(26)12-27-19-9-8-17(24-25-19)22-11-13-4-2-1-3-5-13/h1-10H,11-12H2,(H,22,24)(H,23,26). The lowest BCUT2D eigenvalue weighted by molar-refractivity contribution is -0.113. The molecule has 3 rings (SSSR count). The maximum absolute atomic E-state index is 13.1. The summed E-state index contributed by atoms with van der Waals surface area (Å²) < 4.78 is 13.1. The third kappa shape index (κ3) is 5.94. The number of amides is 1. The average molecular weight is 403 g/mol. The molecule has 0 atom stereocenters. The topological polar surface area (TPSA) is 66.9 Å². The first kappa shape index (κ1) is 19.1. The van der Waals surface area contributed by atoms with Gasteiger partial charge in [-0.05, 0) is 35.9 Å². The highest BCUT2D eigenvalue weighted by atomic mass is 35.5. The van der Waals surface area contributed by atoms with Crippen molar-refractivity contribution in [1.82, 2.24) is 10.2 Å². The van der Waals surface area contributed by atoms with Gasteiger partial charge in [0.1, 0.15) is 16.7 Å². The van der Waals surface area contributed by atoms with Crippen molar-refractivity contribution >= 4 is 40.8 Å². The van der Waals surface area contributed by atoms with Crippen LogP contribution in [-0.4, -0.2) is 21.9 Å². The summed E-state index contributed by atoms with van der Waals surface area (Å²) in [5.74, 6) is 0.0464. The molecule has 27 heavy (non-hydrogen) atoms. The Morgan fingerprint density at radius 3 is 2.59 bits per heavy atom. The summed E-state index contributed by atoms with van der Waals surface area (Å²) in [7, 11) is 0. The monoisotopic (exact) mass is 402 g/mol. The second kappa shape index (κ2) is 9.34. The second-order valence-electron chi connectivity index (χ2n) is 5.56. The molecule has 0 saturated carbocycles. The smallest absolute Gasteiger partial charge is 0.234 e. The Kier molecular flexibility index (Phi) is 6.62. The van der Waals surface area contributed by atoms with Gasteiger partial charge in [0.05, 0.1) is 10.8 Å². The quantitative estimate of drug-likeness (QED) is 0.565. The third-order valence-corrected chi connectivity index (χ3v) is 4.72. The summed E-state index contributed by atoms with van der Waals surface area (Å²) in [6, 6.07) is 17.6. The first-order chi connectivity index (χ1) is 13.1. The van der Waals surface area contributed by atoms with Gasteiger partial charge in [-0.25, -0.2) is 4.39 Å². The summed E-state index contributed by atoms with van der Waals surface area (Å²) in [6.45, 7) is 0.657. The normalized spacial score (nSPS) is 10.4. The Labute approximate surface area is 165 Å². The average Bonchev–Trinajstić information content (AvgIpc) is 2.69. The van der Waals surface area contributed by atoms with Gasteiger partial charge in [0.25, 0.3) is 0 Å².